The van der Waals surface area contributed by atoms with E-state index in [0.717, 1.165) is 49.9 Å². The number of carbonyl (C=O) groups excluding carboxylic acids is 1. The fourth-order valence-corrected chi connectivity index (χ4v) is 13.1. The van der Waals surface area contributed by atoms with E-state index in [9.17, 15) is 9.18 Å². The average Bonchev–Trinajstić information content (AvgIpc) is 3.52. The number of rotatable bonds is 4. The lowest BCUT2D eigenvalue weighted by Gasteiger charge is -2.72. The number of carbonyl (C=O) groups is 1. The molecular weight excluding hydrogens is 618 g/mol. The normalized spacial score (nSPS) is 40.7. The summed E-state index contributed by atoms with van der Waals surface area (Å²) in [4.78, 5) is 12.9. The number of nitrogens with two attached hydrogens (primary N) is 1. The van der Waals surface area contributed by atoms with E-state index in [2.05, 4.69) is 71.6 Å². The van der Waals surface area contributed by atoms with Gasteiger partial charge in [0.05, 0.1) is 13.1 Å². The fraction of sp³-hybridized carbons (Fsp3) is 0.761. The Kier molecular flexibility index (Phi) is 13.4. The van der Waals surface area contributed by atoms with Gasteiger partial charge in [-0.3, -0.25) is 9.18 Å². The van der Waals surface area contributed by atoms with Crippen molar-refractivity contribution >= 4 is 5.97 Å². The summed E-state index contributed by atoms with van der Waals surface area (Å²) in [7, 11) is 0.500. The van der Waals surface area contributed by atoms with Crippen LogP contribution in [0.15, 0.2) is 59.8 Å². The molecule has 2 N–H and O–H groups in total. The molecule has 0 radical (unpaired) electrons. The van der Waals surface area contributed by atoms with E-state index in [4.69, 9.17) is 10.5 Å². The molecule has 0 amide bonds. The first kappa shape index (κ1) is 40.8. The molecule has 0 aromatic heterocycles. The summed E-state index contributed by atoms with van der Waals surface area (Å²) in [5.74, 6) is 3.08. The number of halogens is 1. The Hall–Kier alpha value is -1.94. The highest BCUT2D eigenvalue weighted by Crippen LogP contribution is 2.75. The number of allylic oxidation sites excluding steroid dienone is 8. The van der Waals surface area contributed by atoms with Crippen LogP contribution in [0.25, 0.3) is 0 Å². The summed E-state index contributed by atoms with van der Waals surface area (Å²) in [6.07, 6.45) is 31.3. The van der Waals surface area contributed by atoms with Crippen LogP contribution in [-0.2, 0) is 9.53 Å². The minimum Gasteiger partial charge on any atom is -0.461 e. The third kappa shape index (κ3) is 7.06. The molecule has 0 aliphatic heterocycles. The Morgan fingerprint density at radius 3 is 2.28 bits per heavy atom. The molecule has 3 nitrogen and oxygen atoms in total. The van der Waals surface area contributed by atoms with Crippen molar-refractivity contribution in [1.29, 1.82) is 0 Å². The molecule has 7 aliphatic carbocycles. The molecule has 4 heteroatoms. The van der Waals surface area contributed by atoms with E-state index in [1.54, 1.807) is 11.6 Å². The highest BCUT2D eigenvalue weighted by atomic mass is 19.1. The molecule has 0 aromatic carbocycles. The van der Waals surface area contributed by atoms with Crippen LogP contribution in [0.4, 0.5) is 4.39 Å². The van der Waals surface area contributed by atoms with Gasteiger partial charge in [0, 0.05) is 5.54 Å². The second-order valence-electron chi connectivity index (χ2n) is 18.0. The maximum atomic E-state index is 12.9. The highest BCUT2D eigenvalue weighted by molar-refractivity contribution is 5.73. The second-order valence-corrected chi connectivity index (χ2v) is 18.0. The molecule has 50 heavy (non-hydrogen) atoms. The summed E-state index contributed by atoms with van der Waals surface area (Å²) in [5.41, 5.74) is 13.0. The zero-order chi connectivity index (χ0) is 37.0. The van der Waals surface area contributed by atoms with Gasteiger partial charge in [-0.25, -0.2) is 0 Å². The Bertz CT molecular complexity index is 1320. The maximum absolute atomic E-state index is 12.9. The zero-order valence-electron chi connectivity index (χ0n) is 33.6. The topological polar surface area (TPSA) is 52.3 Å². The number of fused-ring (bicyclic) bond motifs is 7. The van der Waals surface area contributed by atoms with Crippen molar-refractivity contribution < 1.29 is 13.9 Å². The number of ether oxygens (including phenoxy) is 1. The van der Waals surface area contributed by atoms with Gasteiger partial charge in [0.2, 0.25) is 0 Å². The third-order valence-electron chi connectivity index (χ3n) is 15.6. The molecule has 4 saturated carbocycles. The molecular formula is C46H74FNO2. The van der Waals surface area contributed by atoms with Crippen molar-refractivity contribution in [3.63, 3.8) is 0 Å². The molecule has 0 saturated heterocycles. The van der Waals surface area contributed by atoms with E-state index < -0.39 is 0 Å². The van der Waals surface area contributed by atoms with Crippen LogP contribution in [0.5, 0.6) is 0 Å². The number of esters is 1. The molecule has 0 aromatic rings. The van der Waals surface area contributed by atoms with Crippen LogP contribution in [0.1, 0.15) is 152 Å². The van der Waals surface area contributed by atoms with Gasteiger partial charge in [0.15, 0.2) is 0 Å². The van der Waals surface area contributed by atoms with Gasteiger partial charge in [0.1, 0.15) is 6.61 Å². The Balaban J connectivity index is 0.000000751. The first-order valence-electron chi connectivity index (χ1n) is 20.5. The van der Waals surface area contributed by atoms with E-state index >= 15 is 0 Å². The van der Waals surface area contributed by atoms with Crippen LogP contribution in [0.3, 0.4) is 0 Å². The summed E-state index contributed by atoms with van der Waals surface area (Å²) < 4.78 is 15.3. The molecule has 0 heterocycles. The largest absolute Gasteiger partial charge is 0.461 e. The number of hydrogen-bond acceptors (Lipinski definition) is 3. The summed E-state index contributed by atoms with van der Waals surface area (Å²) in [6.45, 7) is 23.0. The van der Waals surface area contributed by atoms with Gasteiger partial charge in [-0.1, -0.05) is 91.3 Å². The predicted molar refractivity (Wildman–Crippen MR) is 210 cm³/mol. The lowest BCUT2D eigenvalue weighted by atomic mass is 9.33. The van der Waals surface area contributed by atoms with Crippen LogP contribution in [0.2, 0.25) is 0 Å². The molecule has 8 unspecified atom stereocenters. The lowest BCUT2D eigenvalue weighted by molar-refractivity contribution is -0.216. The predicted octanol–water partition coefficient (Wildman–Crippen LogP) is 12.4. The van der Waals surface area contributed by atoms with Crippen molar-refractivity contribution in [2.75, 3.05) is 13.8 Å². The first-order valence-corrected chi connectivity index (χ1v) is 20.5. The van der Waals surface area contributed by atoms with Crippen molar-refractivity contribution in [2.45, 2.75) is 157 Å². The second kappa shape index (κ2) is 16.4. The number of alkyl halides is 1. The van der Waals surface area contributed by atoms with Gasteiger partial charge in [-0.05, 0) is 159 Å². The summed E-state index contributed by atoms with van der Waals surface area (Å²) >= 11 is 0. The monoisotopic (exact) mass is 692 g/mol. The van der Waals surface area contributed by atoms with Gasteiger partial charge in [0.25, 0.3) is 0 Å². The molecule has 0 spiro atoms. The van der Waals surface area contributed by atoms with E-state index in [1.807, 2.05) is 20.8 Å². The average molecular weight is 692 g/mol. The van der Waals surface area contributed by atoms with Crippen molar-refractivity contribution in [2.24, 2.45) is 57.0 Å². The summed E-state index contributed by atoms with van der Waals surface area (Å²) in [6, 6.07) is 0. The van der Waals surface area contributed by atoms with Gasteiger partial charge in [-0.2, -0.15) is 0 Å². The first-order chi connectivity index (χ1) is 23.8. The van der Waals surface area contributed by atoms with Gasteiger partial charge in [-0.15, -0.1) is 6.58 Å². The smallest absolute Gasteiger partial charge is 0.309 e. The van der Waals surface area contributed by atoms with E-state index in [1.165, 1.54) is 75.4 Å². The summed E-state index contributed by atoms with van der Waals surface area (Å²) in [5, 5.41) is 0. The molecule has 4 fully saturated rings. The lowest BCUT2D eigenvalue weighted by Crippen LogP contribution is -2.66. The van der Waals surface area contributed by atoms with Crippen LogP contribution in [-0.4, -0.2) is 25.3 Å². The maximum Gasteiger partial charge on any atom is 0.309 e. The highest BCUT2D eigenvalue weighted by Gasteiger charge is 2.69. The molecule has 282 valence electrons. The van der Waals surface area contributed by atoms with E-state index in [-0.39, 0.29) is 22.8 Å². The van der Waals surface area contributed by atoms with Crippen molar-refractivity contribution in [1.82, 2.24) is 0 Å². The SMILES string of the molecule is C=CC.CC.CC1(C)C(C2=CCC(C(=O)OCC3=CC=CCC3)CC2)=CCC2(C)C1CCC1(C)C2CCC2C3CCCC3(N)CC[C@]21C.CF. The quantitative estimate of drug-likeness (QED) is 0.236. The van der Waals surface area contributed by atoms with Crippen molar-refractivity contribution in [3.05, 3.63) is 59.8 Å². The molecule has 0 bridgehead atoms. The van der Waals surface area contributed by atoms with Crippen molar-refractivity contribution in [3.8, 4) is 0 Å². The number of hydrogen-bond donors (Lipinski definition) is 1. The van der Waals surface area contributed by atoms with Gasteiger partial charge >= 0.3 is 5.97 Å². The Morgan fingerprint density at radius 2 is 1.64 bits per heavy atom. The molecule has 7 rings (SSSR count). The van der Waals surface area contributed by atoms with Crippen LogP contribution in [0, 0.1) is 51.2 Å². The minimum atomic E-state index is -0.00179. The zero-order valence-corrected chi connectivity index (χ0v) is 33.6. The van der Waals surface area contributed by atoms with Gasteiger partial charge < -0.3 is 10.5 Å². The van der Waals surface area contributed by atoms with Crippen LogP contribution < -0.4 is 5.73 Å². The van der Waals surface area contributed by atoms with E-state index in [0.29, 0.717) is 35.9 Å². The molecule has 7 aliphatic rings. The Morgan fingerprint density at radius 1 is 0.920 bits per heavy atom. The minimum absolute atomic E-state index is 0.00179. The third-order valence-corrected chi connectivity index (χ3v) is 15.6. The standard InChI is InChI=1S/C40H59NO2.C3H6.C2H6.CH3F/c1-36(2)30(28-13-15-29(16-14-28)35(42)43-26-27-10-7-6-8-11-27)19-22-37(3)33(36)20-23-39(5)34(37)18-17-31-32-12-9-21-40(32,41)25-24-38(31,39)4;1-3-2;2*1-2/h6-7,10,13,19,29,31-34H,8-9,11-12,14-18,20-26,41H2,1-5H3;3H,1H2,2H3;1-2H3;1H3/t29?,31?,32?,33?,34?,37?,38-,39?,40?;;;/m1.../s1. The fourth-order valence-electron chi connectivity index (χ4n) is 13.1. The van der Waals surface area contributed by atoms with Crippen LogP contribution >= 0.6 is 0 Å². The molecule has 9 atom stereocenters. The Labute approximate surface area is 306 Å².